The summed E-state index contributed by atoms with van der Waals surface area (Å²) in [6.07, 6.45) is 54.0. The molecule has 388 valence electrons. The van der Waals surface area contributed by atoms with Crippen LogP contribution in [-0.2, 0) is 38.3 Å². The molecule has 13 heteroatoms. The predicted octanol–water partition coefficient (Wildman–Crippen LogP) is 12.0. The molecule has 1 saturated heterocycles. The van der Waals surface area contributed by atoms with E-state index in [0.29, 0.717) is 13.0 Å². The standard InChI is InChI=1S/C55H90O12S/c1-3-5-7-9-11-13-15-17-19-21-22-23-24-25-26-27-29-31-33-35-37-39-41-43-45-63-47-49(48-64-55-53(59)54(67-68(60,61)62)52(58)50(46-56)66-55)65-51(57)44-42-40-38-36-34-32-30-28-20-18-16-14-12-10-8-6-4-2/h5-8,11-14,17-20,22-23,25-26,29,31,49-50,52-56,58-59H,3-4,9-10,15-16,21,24,27-28,30,32-48H2,1-2H3,(H,60,61,62)/b7-5-,8-6-,13-11-,14-12-,19-17-,20-18-,23-22-,26-25-,31-29-. The molecule has 6 unspecified atom stereocenters. The van der Waals surface area contributed by atoms with E-state index in [1.807, 2.05) is 0 Å². The lowest BCUT2D eigenvalue weighted by Gasteiger charge is -2.41. The molecule has 4 N–H and O–H groups in total. The van der Waals surface area contributed by atoms with Crippen LogP contribution in [0.25, 0.3) is 0 Å². The van der Waals surface area contributed by atoms with Crippen molar-refractivity contribution in [3.63, 3.8) is 0 Å². The number of hydrogen-bond acceptors (Lipinski definition) is 11. The van der Waals surface area contributed by atoms with Gasteiger partial charge >= 0.3 is 16.4 Å². The quantitative estimate of drug-likeness (QED) is 0.0197. The fourth-order valence-electron chi connectivity index (χ4n) is 7.10. The third-order valence-electron chi connectivity index (χ3n) is 10.9. The molecule has 0 saturated carbocycles. The Labute approximate surface area is 411 Å². The summed E-state index contributed by atoms with van der Waals surface area (Å²) in [4.78, 5) is 12.9. The maximum Gasteiger partial charge on any atom is 0.397 e. The van der Waals surface area contributed by atoms with Crippen LogP contribution in [0.5, 0.6) is 0 Å². The number of carbonyl (C=O) groups is 1. The highest BCUT2D eigenvalue weighted by Crippen LogP contribution is 2.26. The van der Waals surface area contributed by atoms with Crippen molar-refractivity contribution in [2.75, 3.05) is 26.4 Å². The van der Waals surface area contributed by atoms with E-state index >= 15 is 0 Å². The fourth-order valence-corrected chi connectivity index (χ4v) is 7.61. The average molecular weight is 975 g/mol. The SMILES string of the molecule is CC/C=C\C/C=C\C/C=C\C/C=C\C/C=C\C/C=C\CCCCCCCOCC(COC1OC(CO)C(O)C(OS(=O)(=O)O)C1O)OC(=O)CCCCCCCCC/C=C\C/C=C\C/C=C\CC. The molecule has 6 atom stereocenters. The molecule has 68 heavy (non-hydrogen) atoms. The molecular weight excluding hydrogens is 885 g/mol. The smallest absolute Gasteiger partial charge is 0.397 e. The van der Waals surface area contributed by atoms with Gasteiger partial charge in [0.2, 0.25) is 0 Å². The van der Waals surface area contributed by atoms with Crippen molar-refractivity contribution in [2.24, 2.45) is 0 Å². The Kier molecular flexibility index (Phi) is 41.5. The van der Waals surface area contributed by atoms with Crippen LogP contribution in [0.2, 0.25) is 0 Å². The van der Waals surface area contributed by atoms with E-state index in [4.69, 9.17) is 18.9 Å². The summed E-state index contributed by atoms with van der Waals surface area (Å²) in [5, 5.41) is 30.8. The molecule has 1 heterocycles. The van der Waals surface area contributed by atoms with E-state index in [1.165, 1.54) is 12.8 Å². The Morgan fingerprint density at radius 1 is 0.559 bits per heavy atom. The van der Waals surface area contributed by atoms with Crippen LogP contribution in [0, 0.1) is 0 Å². The van der Waals surface area contributed by atoms with Crippen LogP contribution in [-0.4, -0.2) is 97.5 Å². The second-order valence-corrected chi connectivity index (χ2v) is 18.0. The molecule has 0 aromatic rings. The molecule has 0 bridgehead atoms. The second kappa shape index (κ2) is 44.9. The molecule has 0 aliphatic carbocycles. The summed E-state index contributed by atoms with van der Waals surface area (Å²) >= 11 is 0. The molecule has 1 fully saturated rings. The largest absolute Gasteiger partial charge is 0.457 e. The van der Waals surface area contributed by atoms with Gasteiger partial charge < -0.3 is 34.3 Å². The van der Waals surface area contributed by atoms with E-state index in [1.54, 1.807) is 0 Å². The Morgan fingerprint density at radius 2 is 0.971 bits per heavy atom. The minimum absolute atomic E-state index is 0.0107. The summed E-state index contributed by atoms with van der Waals surface area (Å²) in [6.45, 7) is 3.69. The van der Waals surface area contributed by atoms with E-state index in [2.05, 4.69) is 127 Å². The molecule has 0 amide bonds. The lowest BCUT2D eigenvalue weighted by atomic mass is 9.99. The van der Waals surface area contributed by atoms with E-state index < -0.39 is 59.8 Å². The molecule has 0 spiro atoms. The Balaban J connectivity index is 2.39. The fraction of sp³-hybridized carbons (Fsp3) is 0.655. The molecule has 0 aromatic carbocycles. The average Bonchev–Trinajstić information content (AvgIpc) is 3.31. The van der Waals surface area contributed by atoms with E-state index in [9.17, 15) is 33.1 Å². The number of hydrogen-bond donors (Lipinski definition) is 4. The first kappa shape index (κ1) is 62.8. The highest BCUT2D eigenvalue weighted by Gasteiger charge is 2.48. The zero-order chi connectivity index (χ0) is 49.6. The van der Waals surface area contributed by atoms with Crippen molar-refractivity contribution < 1.29 is 56.2 Å². The van der Waals surface area contributed by atoms with Crippen LogP contribution >= 0.6 is 0 Å². The first-order valence-corrected chi connectivity index (χ1v) is 27.0. The van der Waals surface area contributed by atoms with E-state index in [-0.39, 0.29) is 19.6 Å². The topological polar surface area (TPSA) is 178 Å². The highest BCUT2D eigenvalue weighted by atomic mass is 32.3. The third kappa shape index (κ3) is 37.6. The third-order valence-corrected chi connectivity index (χ3v) is 11.4. The zero-order valence-corrected chi connectivity index (χ0v) is 42.4. The number of rotatable bonds is 43. The molecule has 1 aliphatic rings. The minimum Gasteiger partial charge on any atom is -0.457 e. The number of allylic oxidation sites excluding steroid dienone is 18. The zero-order valence-electron chi connectivity index (χ0n) is 41.6. The highest BCUT2D eigenvalue weighted by molar-refractivity contribution is 7.80. The normalized spacial score (nSPS) is 20.2. The molecule has 1 rings (SSSR count). The molecular formula is C55H90O12S. The first-order valence-electron chi connectivity index (χ1n) is 25.6. The van der Waals surface area contributed by atoms with Gasteiger partial charge in [-0.05, 0) is 96.3 Å². The lowest BCUT2D eigenvalue weighted by Crippen LogP contribution is -2.60. The van der Waals surface area contributed by atoms with Crippen molar-refractivity contribution in [3.8, 4) is 0 Å². The number of esters is 1. The maximum absolute atomic E-state index is 12.9. The maximum atomic E-state index is 12.9. The van der Waals surface area contributed by atoms with Gasteiger partial charge in [0.1, 0.15) is 30.5 Å². The van der Waals surface area contributed by atoms with Crippen LogP contribution in [0.15, 0.2) is 109 Å². The van der Waals surface area contributed by atoms with Gasteiger partial charge in [0, 0.05) is 13.0 Å². The summed E-state index contributed by atoms with van der Waals surface area (Å²) in [5.41, 5.74) is 0. The summed E-state index contributed by atoms with van der Waals surface area (Å²) in [6, 6.07) is 0. The first-order chi connectivity index (χ1) is 33.1. The predicted molar refractivity (Wildman–Crippen MR) is 275 cm³/mol. The monoisotopic (exact) mass is 975 g/mol. The van der Waals surface area contributed by atoms with Crippen molar-refractivity contribution in [1.82, 2.24) is 0 Å². The van der Waals surface area contributed by atoms with Crippen LogP contribution < -0.4 is 0 Å². The minimum atomic E-state index is -5.08. The second-order valence-electron chi connectivity index (χ2n) is 17.0. The molecule has 1 aliphatic heterocycles. The Morgan fingerprint density at radius 3 is 1.41 bits per heavy atom. The van der Waals surface area contributed by atoms with Crippen LogP contribution in [0.4, 0.5) is 0 Å². The van der Waals surface area contributed by atoms with E-state index in [0.717, 1.165) is 128 Å². The Bertz CT molecular complexity index is 1590. The van der Waals surface area contributed by atoms with Crippen molar-refractivity contribution in [2.45, 2.75) is 205 Å². The van der Waals surface area contributed by atoms with Gasteiger partial charge in [0.15, 0.2) is 6.29 Å². The van der Waals surface area contributed by atoms with Gasteiger partial charge in [-0.3, -0.25) is 9.35 Å². The lowest BCUT2D eigenvalue weighted by molar-refractivity contribution is -0.301. The number of aliphatic hydroxyl groups excluding tert-OH is 3. The van der Waals surface area contributed by atoms with Crippen molar-refractivity contribution in [1.29, 1.82) is 0 Å². The number of ether oxygens (including phenoxy) is 4. The van der Waals surface area contributed by atoms with Gasteiger partial charge in [0.05, 0.1) is 19.8 Å². The van der Waals surface area contributed by atoms with Gasteiger partial charge in [-0.25, -0.2) is 4.18 Å². The summed E-state index contributed by atoms with van der Waals surface area (Å²) < 4.78 is 59.2. The summed E-state index contributed by atoms with van der Waals surface area (Å²) in [7, 11) is -5.08. The molecule has 0 aromatic heterocycles. The Hall–Kier alpha value is -3.24. The van der Waals surface area contributed by atoms with Gasteiger partial charge in [-0.2, -0.15) is 8.42 Å². The van der Waals surface area contributed by atoms with Crippen LogP contribution in [0.3, 0.4) is 0 Å². The van der Waals surface area contributed by atoms with Crippen molar-refractivity contribution >= 4 is 16.4 Å². The summed E-state index contributed by atoms with van der Waals surface area (Å²) in [5.74, 6) is -0.422. The van der Waals surface area contributed by atoms with Gasteiger partial charge in [-0.15, -0.1) is 0 Å². The number of carbonyl (C=O) groups excluding carboxylic acids is 1. The number of aliphatic hydroxyl groups is 3. The molecule has 0 radical (unpaired) electrons. The van der Waals surface area contributed by atoms with Crippen molar-refractivity contribution in [3.05, 3.63) is 109 Å². The number of unbranched alkanes of at least 4 members (excludes halogenated alkanes) is 12. The van der Waals surface area contributed by atoms with Gasteiger partial charge in [-0.1, -0.05) is 175 Å². The van der Waals surface area contributed by atoms with Crippen LogP contribution in [0.1, 0.15) is 168 Å². The van der Waals surface area contributed by atoms with Gasteiger partial charge in [0.25, 0.3) is 0 Å². The molecule has 12 nitrogen and oxygen atoms in total.